The van der Waals surface area contributed by atoms with Crippen molar-refractivity contribution in [3.05, 3.63) is 65.2 Å². The highest BCUT2D eigenvalue weighted by Crippen LogP contribution is 2.24. The van der Waals surface area contributed by atoms with Gasteiger partial charge in [-0.1, -0.05) is 36.4 Å². The summed E-state index contributed by atoms with van der Waals surface area (Å²) in [4.78, 5) is 12.2. The van der Waals surface area contributed by atoms with Gasteiger partial charge >= 0.3 is 0 Å². The van der Waals surface area contributed by atoms with Crippen molar-refractivity contribution in [3.8, 4) is 0 Å². The Morgan fingerprint density at radius 3 is 2.68 bits per heavy atom. The number of carbonyl (C=O) groups excluding carboxylic acids is 1. The van der Waals surface area contributed by atoms with Crippen molar-refractivity contribution in [1.29, 1.82) is 0 Å². The van der Waals surface area contributed by atoms with E-state index in [0.717, 1.165) is 24.9 Å². The van der Waals surface area contributed by atoms with Crippen LogP contribution in [0.2, 0.25) is 0 Å². The van der Waals surface area contributed by atoms with Crippen LogP contribution in [0.1, 0.15) is 29.5 Å². The second-order valence-electron chi connectivity index (χ2n) is 5.96. The fourth-order valence-corrected chi connectivity index (χ4v) is 2.98. The first kappa shape index (κ1) is 14.8. The number of rotatable bonds is 5. The van der Waals surface area contributed by atoms with Crippen LogP contribution in [-0.2, 0) is 24.1 Å². The molecule has 1 aliphatic carbocycles. The van der Waals surface area contributed by atoms with E-state index in [9.17, 15) is 4.79 Å². The summed E-state index contributed by atoms with van der Waals surface area (Å²) in [6.07, 6.45) is 4.95. The van der Waals surface area contributed by atoms with Crippen molar-refractivity contribution in [2.24, 2.45) is 5.73 Å². The molecule has 0 unspecified atom stereocenters. The largest absolute Gasteiger partial charge is 0.325 e. The maximum Gasteiger partial charge on any atom is 0.241 e. The first-order chi connectivity index (χ1) is 10.7. The first-order valence-corrected chi connectivity index (χ1v) is 7.94. The third-order valence-electron chi connectivity index (χ3n) is 4.29. The Balaban J connectivity index is 1.55. The van der Waals surface area contributed by atoms with Gasteiger partial charge in [-0.15, -0.1) is 0 Å². The molecule has 0 saturated heterocycles. The Bertz CT molecular complexity index is 652. The number of nitrogens with two attached hydrogens (primary N) is 1. The zero-order valence-corrected chi connectivity index (χ0v) is 12.7. The highest BCUT2D eigenvalue weighted by molar-refractivity contribution is 5.94. The minimum Gasteiger partial charge on any atom is -0.325 e. The number of anilines is 1. The summed E-state index contributed by atoms with van der Waals surface area (Å²) >= 11 is 0. The third-order valence-corrected chi connectivity index (χ3v) is 4.29. The standard InChI is InChI=1S/C19H22N2O/c20-18(12-9-14-5-2-1-3-6-14)19(22)21-17-11-10-15-7-4-8-16(15)13-17/h1-3,5-6,10-11,13,18H,4,7-9,12,20H2,(H,21,22)/t18-/m0/s1. The molecule has 3 heteroatoms. The number of carbonyl (C=O) groups is 1. The van der Waals surface area contributed by atoms with E-state index >= 15 is 0 Å². The molecule has 0 saturated carbocycles. The lowest BCUT2D eigenvalue weighted by molar-refractivity contribution is -0.117. The van der Waals surface area contributed by atoms with E-state index in [1.165, 1.54) is 23.1 Å². The van der Waals surface area contributed by atoms with E-state index in [2.05, 4.69) is 29.6 Å². The number of nitrogens with one attached hydrogen (secondary N) is 1. The molecule has 2 aromatic rings. The summed E-state index contributed by atoms with van der Waals surface area (Å²) in [6, 6.07) is 15.8. The van der Waals surface area contributed by atoms with Gasteiger partial charge in [0.25, 0.3) is 0 Å². The van der Waals surface area contributed by atoms with Crippen molar-refractivity contribution in [2.45, 2.75) is 38.1 Å². The number of fused-ring (bicyclic) bond motifs is 1. The van der Waals surface area contributed by atoms with E-state index in [1.807, 2.05) is 24.3 Å². The Morgan fingerprint density at radius 1 is 1.09 bits per heavy atom. The first-order valence-electron chi connectivity index (χ1n) is 7.94. The Morgan fingerprint density at radius 2 is 1.86 bits per heavy atom. The molecule has 0 bridgehead atoms. The summed E-state index contributed by atoms with van der Waals surface area (Å²) in [5.74, 6) is -0.103. The van der Waals surface area contributed by atoms with Crippen molar-refractivity contribution in [1.82, 2.24) is 0 Å². The van der Waals surface area contributed by atoms with Crippen LogP contribution < -0.4 is 11.1 Å². The second-order valence-corrected chi connectivity index (χ2v) is 5.96. The molecule has 1 atom stereocenters. The lowest BCUT2D eigenvalue weighted by Gasteiger charge is -2.13. The lowest BCUT2D eigenvalue weighted by atomic mass is 10.0. The molecular formula is C19H22N2O. The van der Waals surface area contributed by atoms with Crippen LogP contribution in [0.4, 0.5) is 5.69 Å². The molecule has 1 aliphatic rings. The Hall–Kier alpha value is -2.13. The van der Waals surface area contributed by atoms with Crippen LogP contribution in [0, 0.1) is 0 Å². The highest BCUT2D eigenvalue weighted by Gasteiger charge is 2.15. The molecule has 3 N–H and O–H groups in total. The van der Waals surface area contributed by atoms with Crippen molar-refractivity contribution in [2.75, 3.05) is 5.32 Å². The van der Waals surface area contributed by atoms with Crippen LogP contribution in [-0.4, -0.2) is 11.9 Å². The number of hydrogen-bond acceptors (Lipinski definition) is 2. The van der Waals surface area contributed by atoms with Gasteiger partial charge in [-0.25, -0.2) is 0 Å². The fraction of sp³-hybridized carbons (Fsp3) is 0.316. The predicted molar refractivity (Wildman–Crippen MR) is 89.8 cm³/mol. The number of aryl methyl sites for hydroxylation is 3. The number of hydrogen-bond donors (Lipinski definition) is 2. The van der Waals surface area contributed by atoms with Crippen molar-refractivity contribution < 1.29 is 4.79 Å². The van der Waals surface area contributed by atoms with E-state index in [0.29, 0.717) is 6.42 Å². The van der Waals surface area contributed by atoms with Crippen LogP contribution in [0.5, 0.6) is 0 Å². The molecule has 0 heterocycles. The summed E-state index contributed by atoms with van der Waals surface area (Å²) in [7, 11) is 0. The smallest absolute Gasteiger partial charge is 0.241 e. The van der Waals surface area contributed by atoms with Gasteiger partial charge in [-0.3, -0.25) is 4.79 Å². The molecule has 3 rings (SSSR count). The number of amides is 1. The highest BCUT2D eigenvalue weighted by atomic mass is 16.2. The molecule has 0 aromatic heterocycles. The zero-order chi connectivity index (χ0) is 15.4. The quantitative estimate of drug-likeness (QED) is 0.890. The fourth-order valence-electron chi connectivity index (χ4n) is 2.98. The molecule has 3 nitrogen and oxygen atoms in total. The topological polar surface area (TPSA) is 55.1 Å². The van der Waals surface area contributed by atoms with E-state index in [4.69, 9.17) is 5.73 Å². The predicted octanol–water partition coefficient (Wildman–Crippen LogP) is 3.07. The summed E-state index contributed by atoms with van der Waals surface area (Å²) in [5, 5.41) is 2.94. The van der Waals surface area contributed by atoms with Crippen molar-refractivity contribution in [3.63, 3.8) is 0 Å². The zero-order valence-electron chi connectivity index (χ0n) is 12.7. The van der Waals surface area contributed by atoms with Crippen LogP contribution in [0.3, 0.4) is 0 Å². The molecule has 0 fully saturated rings. The van der Waals surface area contributed by atoms with Gasteiger partial charge in [0.1, 0.15) is 0 Å². The third kappa shape index (κ3) is 3.55. The second kappa shape index (κ2) is 6.75. The molecule has 0 aliphatic heterocycles. The normalized spacial score (nSPS) is 14.4. The van der Waals surface area contributed by atoms with Gasteiger partial charge in [0.15, 0.2) is 0 Å². The van der Waals surface area contributed by atoms with Crippen LogP contribution in [0.25, 0.3) is 0 Å². The lowest BCUT2D eigenvalue weighted by Crippen LogP contribution is -2.36. The molecule has 0 spiro atoms. The number of benzene rings is 2. The average molecular weight is 294 g/mol. The van der Waals surface area contributed by atoms with Gasteiger partial charge in [0.05, 0.1) is 6.04 Å². The van der Waals surface area contributed by atoms with Crippen molar-refractivity contribution >= 4 is 11.6 Å². The molecule has 22 heavy (non-hydrogen) atoms. The van der Waals surface area contributed by atoms with Gasteiger partial charge in [0, 0.05) is 5.69 Å². The molecular weight excluding hydrogens is 272 g/mol. The summed E-state index contributed by atoms with van der Waals surface area (Å²) in [5.41, 5.74) is 10.9. The minimum absolute atomic E-state index is 0.103. The molecule has 1 amide bonds. The SMILES string of the molecule is N[C@@H](CCc1ccccc1)C(=O)Nc1ccc2c(c1)CCC2. The Kier molecular flexibility index (Phi) is 4.54. The minimum atomic E-state index is -0.478. The van der Waals surface area contributed by atoms with E-state index in [1.54, 1.807) is 0 Å². The van der Waals surface area contributed by atoms with E-state index in [-0.39, 0.29) is 5.91 Å². The monoisotopic (exact) mass is 294 g/mol. The van der Waals surface area contributed by atoms with Gasteiger partial charge in [-0.2, -0.15) is 0 Å². The van der Waals surface area contributed by atoms with E-state index < -0.39 is 6.04 Å². The van der Waals surface area contributed by atoms with Gasteiger partial charge < -0.3 is 11.1 Å². The molecule has 2 aromatic carbocycles. The maximum absolute atomic E-state index is 12.2. The average Bonchev–Trinajstić information content (AvgIpc) is 3.01. The Labute approximate surface area is 131 Å². The van der Waals surface area contributed by atoms with Crippen LogP contribution >= 0.6 is 0 Å². The molecule has 0 radical (unpaired) electrons. The van der Waals surface area contributed by atoms with Gasteiger partial charge in [-0.05, 0) is 60.9 Å². The molecule has 114 valence electrons. The summed E-state index contributed by atoms with van der Waals surface area (Å²) in [6.45, 7) is 0. The van der Waals surface area contributed by atoms with Gasteiger partial charge in [0.2, 0.25) is 5.91 Å². The van der Waals surface area contributed by atoms with Crippen LogP contribution in [0.15, 0.2) is 48.5 Å². The summed E-state index contributed by atoms with van der Waals surface area (Å²) < 4.78 is 0. The maximum atomic E-state index is 12.2.